The predicted molar refractivity (Wildman–Crippen MR) is 73.9 cm³/mol. The predicted octanol–water partition coefficient (Wildman–Crippen LogP) is 2.02. The summed E-state index contributed by atoms with van der Waals surface area (Å²) in [5.74, 6) is 0.837. The van der Waals surface area contributed by atoms with Crippen LogP contribution in [0.2, 0.25) is 0 Å². The summed E-state index contributed by atoms with van der Waals surface area (Å²) < 4.78 is 5.12. The lowest BCUT2D eigenvalue weighted by molar-refractivity contribution is 0.415. The number of likely N-dealkylation sites (N-methyl/N-ethyl adjacent to an activating group) is 1. The molecule has 0 radical (unpaired) electrons. The van der Waals surface area contributed by atoms with Crippen molar-refractivity contribution in [2.24, 2.45) is 0 Å². The van der Waals surface area contributed by atoms with Crippen molar-refractivity contribution in [2.45, 2.75) is 25.9 Å². The van der Waals surface area contributed by atoms with Gasteiger partial charge < -0.3 is 9.64 Å². The van der Waals surface area contributed by atoms with Gasteiger partial charge in [-0.15, -0.1) is 0 Å². The summed E-state index contributed by atoms with van der Waals surface area (Å²) in [5, 5.41) is 12.3. The fraction of sp³-hybridized carbons (Fsp3) is 0.500. The van der Waals surface area contributed by atoms with Crippen molar-refractivity contribution < 1.29 is 4.74 Å². The van der Waals surface area contributed by atoms with Crippen LogP contribution in [0.1, 0.15) is 13.8 Å². The topological polar surface area (TPSA) is 48.3 Å². The molecule has 0 spiro atoms. The largest absolute Gasteiger partial charge is 0.497 e. The van der Waals surface area contributed by atoms with Crippen molar-refractivity contribution in [3.8, 4) is 11.8 Å². The highest BCUT2D eigenvalue weighted by atomic mass is 16.5. The number of nitrogens with zero attached hydrogens (tertiary/aromatic N) is 2. The molecular formula is C14H21N3O. The molecule has 0 aliphatic carbocycles. The lowest BCUT2D eigenvalue weighted by Gasteiger charge is -2.24. The maximum Gasteiger partial charge on any atom is 0.119 e. The van der Waals surface area contributed by atoms with Gasteiger partial charge in [-0.3, -0.25) is 5.32 Å². The summed E-state index contributed by atoms with van der Waals surface area (Å²) in [5.41, 5.74) is 1.07. The van der Waals surface area contributed by atoms with Gasteiger partial charge in [0, 0.05) is 25.3 Å². The molecule has 98 valence electrons. The van der Waals surface area contributed by atoms with Crippen LogP contribution in [0.15, 0.2) is 24.3 Å². The van der Waals surface area contributed by atoms with Crippen LogP contribution in [-0.2, 0) is 0 Å². The molecule has 1 aromatic rings. The van der Waals surface area contributed by atoms with Gasteiger partial charge in [0.1, 0.15) is 11.8 Å². The molecule has 0 saturated carbocycles. The zero-order valence-electron chi connectivity index (χ0n) is 11.5. The van der Waals surface area contributed by atoms with Gasteiger partial charge in [-0.1, -0.05) is 0 Å². The summed E-state index contributed by atoms with van der Waals surface area (Å²) in [6.45, 7) is 4.73. The number of ether oxygens (including phenoxy) is 1. The summed E-state index contributed by atoms with van der Waals surface area (Å²) in [6.07, 6.45) is 0. The molecule has 0 bridgehead atoms. The van der Waals surface area contributed by atoms with E-state index in [-0.39, 0.29) is 6.04 Å². The molecule has 0 saturated heterocycles. The minimum atomic E-state index is -0.169. The van der Waals surface area contributed by atoms with Crippen LogP contribution in [0.25, 0.3) is 0 Å². The number of nitriles is 1. The zero-order valence-corrected chi connectivity index (χ0v) is 11.5. The normalized spacial score (nSPS) is 12.0. The second-order valence-corrected chi connectivity index (χ2v) is 4.58. The number of nitrogens with one attached hydrogen (secondary N) is 1. The molecule has 1 unspecified atom stereocenters. The Morgan fingerprint density at radius 1 is 1.33 bits per heavy atom. The molecule has 1 rings (SSSR count). The summed E-state index contributed by atoms with van der Waals surface area (Å²) in [6, 6.07) is 10.2. The number of hydrogen-bond acceptors (Lipinski definition) is 4. The lowest BCUT2D eigenvalue weighted by Crippen LogP contribution is -2.41. The van der Waals surface area contributed by atoms with E-state index in [2.05, 4.69) is 16.3 Å². The van der Waals surface area contributed by atoms with Crippen molar-refractivity contribution in [3.63, 3.8) is 0 Å². The van der Waals surface area contributed by atoms with Crippen LogP contribution in [0, 0.1) is 11.3 Å². The van der Waals surface area contributed by atoms with E-state index in [4.69, 9.17) is 10.00 Å². The second kappa shape index (κ2) is 6.87. The van der Waals surface area contributed by atoms with Crippen LogP contribution < -0.4 is 15.0 Å². The second-order valence-electron chi connectivity index (χ2n) is 4.58. The minimum absolute atomic E-state index is 0.169. The van der Waals surface area contributed by atoms with Crippen LogP contribution >= 0.6 is 0 Å². The Balaban J connectivity index is 2.63. The third-order valence-corrected chi connectivity index (χ3v) is 2.66. The quantitative estimate of drug-likeness (QED) is 0.835. The van der Waals surface area contributed by atoms with E-state index in [1.165, 1.54) is 0 Å². The molecule has 0 aliphatic rings. The Morgan fingerprint density at radius 2 is 1.94 bits per heavy atom. The monoisotopic (exact) mass is 247 g/mol. The first-order chi connectivity index (χ1) is 8.56. The fourth-order valence-corrected chi connectivity index (χ4v) is 1.75. The third kappa shape index (κ3) is 4.27. The first-order valence-corrected chi connectivity index (χ1v) is 6.07. The van der Waals surface area contributed by atoms with Gasteiger partial charge in [0.05, 0.1) is 13.2 Å². The van der Waals surface area contributed by atoms with Crippen molar-refractivity contribution in [3.05, 3.63) is 24.3 Å². The Labute approximate surface area is 109 Å². The van der Waals surface area contributed by atoms with Crippen molar-refractivity contribution in [1.29, 1.82) is 5.26 Å². The molecule has 1 aromatic carbocycles. The van der Waals surface area contributed by atoms with E-state index in [1.54, 1.807) is 7.11 Å². The molecule has 0 aliphatic heterocycles. The van der Waals surface area contributed by atoms with Crippen molar-refractivity contribution >= 4 is 5.69 Å². The Hall–Kier alpha value is -1.73. The van der Waals surface area contributed by atoms with E-state index in [9.17, 15) is 0 Å². The molecule has 1 N–H and O–H groups in total. The highest BCUT2D eigenvalue weighted by Crippen LogP contribution is 2.18. The van der Waals surface area contributed by atoms with E-state index in [0.717, 1.165) is 11.4 Å². The number of hydrogen-bond donors (Lipinski definition) is 1. The average molecular weight is 247 g/mol. The molecule has 0 amide bonds. The van der Waals surface area contributed by atoms with E-state index in [0.29, 0.717) is 12.6 Å². The molecule has 0 fully saturated rings. The van der Waals surface area contributed by atoms with Gasteiger partial charge in [-0.05, 0) is 38.1 Å². The standard InChI is InChI=1S/C14H21N3O/c1-11(2)16-12(9-15)10-17(3)13-5-7-14(18-4)8-6-13/h5-8,11-12,16H,10H2,1-4H3. The maximum atomic E-state index is 9.09. The van der Waals surface area contributed by atoms with Gasteiger partial charge in [0.15, 0.2) is 0 Å². The van der Waals surface area contributed by atoms with E-state index < -0.39 is 0 Å². The molecule has 18 heavy (non-hydrogen) atoms. The number of rotatable bonds is 6. The average Bonchev–Trinajstić information content (AvgIpc) is 2.37. The SMILES string of the molecule is COc1ccc(N(C)CC(C#N)NC(C)C)cc1. The molecule has 1 atom stereocenters. The van der Waals surface area contributed by atoms with Crippen LogP contribution in [0.5, 0.6) is 5.75 Å². The molecule has 0 aromatic heterocycles. The summed E-state index contributed by atoms with van der Waals surface area (Å²) in [4.78, 5) is 2.06. The molecule has 4 heteroatoms. The minimum Gasteiger partial charge on any atom is -0.497 e. The Morgan fingerprint density at radius 3 is 2.39 bits per heavy atom. The lowest BCUT2D eigenvalue weighted by atomic mass is 10.2. The number of methoxy groups -OCH3 is 1. The summed E-state index contributed by atoms with van der Waals surface area (Å²) in [7, 11) is 3.63. The fourth-order valence-electron chi connectivity index (χ4n) is 1.75. The first kappa shape index (κ1) is 14.3. The van der Waals surface area contributed by atoms with Crippen molar-refractivity contribution in [2.75, 3.05) is 25.6 Å². The van der Waals surface area contributed by atoms with E-state index in [1.807, 2.05) is 45.2 Å². The van der Waals surface area contributed by atoms with Crippen LogP contribution in [-0.4, -0.2) is 32.8 Å². The molecule has 4 nitrogen and oxygen atoms in total. The summed E-state index contributed by atoms with van der Waals surface area (Å²) >= 11 is 0. The van der Waals surface area contributed by atoms with Gasteiger partial charge in [-0.25, -0.2) is 0 Å². The highest BCUT2D eigenvalue weighted by molar-refractivity contribution is 5.48. The smallest absolute Gasteiger partial charge is 0.119 e. The Bertz CT molecular complexity index is 394. The van der Waals surface area contributed by atoms with E-state index >= 15 is 0 Å². The third-order valence-electron chi connectivity index (χ3n) is 2.66. The molecule has 0 heterocycles. The zero-order chi connectivity index (χ0) is 13.5. The van der Waals surface area contributed by atoms with Gasteiger partial charge in [0.2, 0.25) is 0 Å². The van der Waals surface area contributed by atoms with Crippen molar-refractivity contribution in [1.82, 2.24) is 5.32 Å². The van der Waals surface area contributed by atoms with Gasteiger partial charge >= 0.3 is 0 Å². The molecular weight excluding hydrogens is 226 g/mol. The number of anilines is 1. The van der Waals surface area contributed by atoms with Gasteiger partial charge in [0.25, 0.3) is 0 Å². The Kier molecular flexibility index (Phi) is 5.47. The van der Waals surface area contributed by atoms with Gasteiger partial charge in [-0.2, -0.15) is 5.26 Å². The maximum absolute atomic E-state index is 9.09. The first-order valence-electron chi connectivity index (χ1n) is 6.07. The number of benzene rings is 1. The van der Waals surface area contributed by atoms with Crippen LogP contribution in [0.4, 0.5) is 5.69 Å². The highest BCUT2D eigenvalue weighted by Gasteiger charge is 2.12. The van der Waals surface area contributed by atoms with Crippen LogP contribution in [0.3, 0.4) is 0 Å².